The molecule has 2 N–H and O–H groups in total. The van der Waals surface area contributed by atoms with Crippen LogP contribution in [-0.2, 0) is 16.1 Å². The highest BCUT2D eigenvalue weighted by Gasteiger charge is 2.55. The van der Waals surface area contributed by atoms with E-state index in [1.165, 1.54) is 31.0 Å². The summed E-state index contributed by atoms with van der Waals surface area (Å²) in [5.41, 5.74) is 5.23. The topological polar surface area (TPSA) is 104 Å². The SMILES string of the molecule is C[C@H](Sc1nnc(-c2ccco2)n1CCC(N)=O)C(=O)C12CC3CC(CC(C3)C1)C2. The standard InChI is InChI=1S/C22H28N4O3S/c1-13(19(28)22-10-14-7-15(11-22)9-16(8-14)12-22)30-21-25-24-20(17-3-2-6-29-17)26(21)5-4-18(23)27/h2-3,6,13-16H,4-5,7-12H2,1H3,(H2,23,27)/t13-,14?,15?,16?,22?/m0/s1. The van der Waals surface area contributed by atoms with E-state index in [-0.39, 0.29) is 23.0 Å². The van der Waals surface area contributed by atoms with Crippen molar-refractivity contribution in [3.05, 3.63) is 18.4 Å². The van der Waals surface area contributed by atoms with E-state index in [4.69, 9.17) is 10.2 Å². The molecular formula is C22H28N4O3S. The predicted octanol–water partition coefficient (Wildman–Crippen LogP) is 3.68. The van der Waals surface area contributed by atoms with Gasteiger partial charge in [-0.3, -0.25) is 14.2 Å². The van der Waals surface area contributed by atoms with Crippen molar-refractivity contribution < 1.29 is 14.0 Å². The molecule has 6 rings (SSSR count). The maximum atomic E-state index is 13.6. The maximum absolute atomic E-state index is 13.6. The van der Waals surface area contributed by atoms with Crippen LogP contribution in [0.25, 0.3) is 11.6 Å². The first-order valence-electron chi connectivity index (χ1n) is 10.9. The number of aromatic nitrogens is 3. The van der Waals surface area contributed by atoms with Gasteiger partial charge in [-0.05, 0) is 75.3 Å². The van der Waals surface area contributed by atoms with E-state index >= 15 is 0 Å². The molecule has 0 saturated heterocycles. The number of amides is 1. The first kappa shape index (κ1) is 19.8. The summed E-state index contributed by atoms with van der Waals surface area (Å²) in [5, 5.41) is 9.03. The van der Waals surface area contributed by atoms with Gasteiger partial charge in [0.15, 0.2) is 22.5 Å². The van der Waals surface area contributed by atoms with Gasteiger partial charge >= 0.3 is 0 Å². The first-order valence-corrected chi connectivity index (χ1v) is 11.8. The number of hydrogen-bond donors (Lipinski definition) is 1. The Bertz CT molecular complexity index is 916. The predicted molar refractivity (Wildman–Crippen MR) is 112 cm³/mol. The monoisotopic (exact) mass is 428 g/mol. The molecule has 0 unspecified atom stereocenters. The van der Waals surface area contributed by atoms with Crippen LogP contribution in [0.5, 0.6) is 0 Å². The van der Waals surface area contributed by atoms with E-state index in [0.29, 0.717) is 29.1 Å². The Labute approximate surface area is 180 Å². The Morgan fingerprint density at radius 3 is 2.47 bits per heavy atom. The van der Waals surface area contributed by atoms with E-state index < -0.39 is 0 Å². The highest BCUT2D eigenvalue weighted by atomic mass is 32.2. The lowest BCUT2D eigenvalue weighted by molar-refractivity contribution is -0.143. The summed E-state index contributed by atoms with van der Waals surface area (Å²) in [4.78, 5) is 25.0. The van der Waals surface area contributed by atoms with Crippen LogP contribution in [0.1, 0.15) is 51.9 Å². The van der Waals surface area contributed by atoms with Crippen molar-refractivity contribution in [1.82, 2.24) is 14.8 Å². The van der Waals surface area contributed by atoms with Crippen LogP contribution in [0, 0.1) is 23.2 Å². The van der Waals surface area contributed by atoms with Crippen LogP contribution in [-0.4, -0.2) is 31.7 Å². The van der Waals surface area contributed by atoms with E-state index in [1.54, 1.807) is 12.3 Å². The number of carbonyl (C=O) groups is 2. The van der Waals surface area contributed by atoms with E-state index in [2.05, 4.69) is 10.2 Å². The van der Waals surface area contributed by atoms with Crippen LogP contribution < -0.4 is 5.73 Å². The minimum Gasteiger partial charge on any atom is -0.461 e. The average molecular weight is 429 g/mol. The molecule has 4 fully saturated rings. The number of rotatable bonds is 8. The highest BCUT2D eigenvalue weighted by Crippen LogP contribution is 2.61. The number of Topliss-reactive ketones (excluding diaryl/α,β-unsaturated/α-hetero) is 1. The van der Waals surface area contributed by atoms with Gasteiger partial charge < -0.3 is 10.2 Å². The molecule has 4 bridgehead atoms. The number of thioether (sulfide) groups is 1. The summed E-state index contributed by atoms with van der Waals surface area (Å²) < 4.78 is 7.33. The zero-order valence-electron chi connectivity index (χ0n) is 17.3. The molecule has 4 aliphatic rings. The van der Waals surface area contributed by atoms with Crippen LogP contribution in [0.15, 0.2) is 28.0 Å². The van der Waals surface area contributed by atoms with Crippen LogP contribution in [0.4, 0.5) is 0 Å². The lowest BCUT2D eigenvalue weighted by atomic mass is 9.48. The van der Waals surface area contributed by atoms with Gasteiger partial charge in [-0.2, -0.15) is 0 Å². The van der Waals surface area contributed by atoms with E-state index in [0.717, 1.165) is 37.0 Å². The molecule has 8 heteroatoms. The van der Waals surface area contributed by atoms with Gasteiger partial charge in [0.2, 0.25) is 5.91 Å². The van der Waals surface area contributed by atoms with Crippen molar-refractivity contribution in [2.24, 2.45) is 28.9 Å². The Hall–Kier alpha value is -2.09. The summed E-state index contributed by atoms with van der Waals surface area (Å²) in [6.07, 6.45) is 8.91. The molecule has 4 aliphatic carbocycles. The van der Waals surface area contributed by atoms with Gasteiger partial charge in [0.25, 0.3) is 0 Å². The number of hydrogen-bond acceptors (Lipinski definition) is 6. The third-order valence-electron chi connectivity index (χ3n) is 7.25. The molecule has 1 amide bonds. The van der Waals surface area contributed by atoms with Crippen LogP contribution >= 0.6 is 11.8 Å². The second-order valence-corrected chi connectivity index (χ2v) is 10.8. The molecular weight excluding hydrogens is 400 g/mol. The molecule has 2 heterocycles. The zero-order valence-corrected chi connectivity index (χ0v) is 18.1. The molecule has 1 atom stereocenters. The number of ketones is 1. The minimum atomic E-state index is -0.386. The fourth-order valence-electron chi connectivity index (χ4n) is 6.44. The quantitative estimate of drug-likeness (QED) is 0.643. The summed E-state index contributed by atoms with van der Waals surface area (Å²) in [6.45, 7) is 2.35. The average Bonchev–Trinajstić information content (AvgIpc) is 3.34. The number of primary amides is 1. The first-order chi connectivity index (χ1) is 14.4. The third-order valence-corrected chi connectivity index (χ3v) is 8.33. The van der Waals surface area contributed by atoms with E-state index in [1.807, 2.05) is 17.6 Å². The van der Waals surface area contributed by atoms with Crippen molar-refractivity contribution in [2.45, 2.75) is 68.8 Å². The largest absolute Gasteiger partial charge is 0.461 e. The summed E-state index contributed by atoms with van der Waals surface area (Å²) in [7, 11) is 0. The van der Waals surface area contributed by atoms with Gasteiger partial charge in [0.05, 0.1) is 11.5 Å². The van der Waals surface area contributed by atoms with Crippen molar-refractivity contribution >= 4 is 23.5 Å². The molecule has 2 aromatic rings. The van der Waals surface area contributed by atoms with Crippen molar-refractivity contribution in [3.63, 3.8) is 0 Å². The normalized spacial score (nSPS) is 30.5. The lowest BCUT2D eigenvalue weighted by Crippen LogP contribution is -2.51. The van der Waals surface area contributed by atoms with Crippen molar-refractivity contribution in [3.8, 4) is 11.6 Å². The Morgan fingerprint density at radius 1 is 1.23 bits per heavy atom. The molecule has 7 nitrogen and oxygen atoms in total. The fourth-order valence-corrected chi connectivity index (χ4v) is 7.51. The van der Waals surface area contributed by atoms with Crippen molar-refractivity contribution in [1.29, 1.82) is 0 Å². The number of nitrogens with zero attached hydrogens (tertiary/aromatic N) is 3. The van der Waals surface area contributed by atoms with Crippen LogP contribution in [0.2, 0.25) is 0 Å². The number of furan rings is 1. The minimum absolute atomic E-state index is 0.136. The summed E-state index contributed by atoms with van der Waals surface area (Å²) in [5.74, 6) is 3.34. The molecule has 0 radical (unpaired) electrons. The van der Waals surface area contributed by atoms with Crippen molar-refractivity contribution in [2.75, 3.05) is 0 Å². The molecule has 4 saturated carbocycles. The van der Waals surface area contributed by atoms with Crippen LogP contribution in [0.3, 0.4) is 0 Å². The Balaban J connectivity index is 1.37. The highest BCUT2D eigenvalue weighted by molar-refractivity contribution is 8.00. The second-order valence-electron chi connectivity index (χ2n) is 9.47. The van der Waals surface area contributed by atoms with Gasteiger partial charge in [0.1, 0.15) is 0 Å². The lowest BCUT2D eigenvalue weighted by Gasteiger charge is -2.56. The Kier molecular flexibility index (Phi) is 5.00. The molecule has 0 spiro atoms. The second kappa shape index (κ2) is 7.55. The van der Waals surface area contributed by atoms with Gasteiger partial charge in [0, 0.05) is 18.4 Å². The van der Waals surface area contributed by atoms with Gasteiger partial charge in [-0.15, -0.1) is 10.2 Å². The molecule has 0 aliphatic heterocycles. The summed E-state index contributed by atoms with van der Waals surface area (Å²) >= 11 is 1.44. The number of carbonyl (C=O) groups excluding carboxylic acids is 2. The molecule has 2 aromatic heterocycles. The molecule has 160 valence electrons. The molecule has 30 heavy (non-hydrogen) atoms. The number of nitrogens with two attached hydrogens (primary N) is 1. The van der Waals surface area contributed by atoms with E-state index in [9.17, 15) is 9.59 Å². The van der Waals surface area contributed by atoms with Gasteiger partial charge in [-0.25, -0.2) is 0 Å². The zero-order chi connectivity index (χ0) is 20.9. The summed E-state index contributed by atoms with van der Waals surface area (Å²) in [6, 6.07) is 3.59. The van der Waals surface area contributed by atoms with Gasteiger partial charge in [-0.1, -0.05) is 11.8 Å². The molecule has 0 aromatic carbocycles. The smallest absolute Gasteiger partial charge is 0.219 e. The third kappa shape index (κ3) is 3.49. The fraction of sp³-hybridized carbons (Fsp3) is 0.636. The Morgan fingerprint density at radius 2 is 1.90 bits per heavy atom. The maximum Gasteiger partial charge on any atom is 0.219 e.